The average molecular weight is 677 g/mol. The van der Waals surface area contributed by atoms with E-state index in [-0.39, 0.29) is 38.2 Å². The number of nitrogens with zero attached hydrogens (tertiary/aromatic N) is 1. The number of ether oxygens (including phenoxy) is 4. The molecule has 1 aromatic carbocycles. The number of methoxy groups -OCH3 is 1. The highest BCUT2D eigenvalue weighted by molar-refractivity contribution is 14.1. The molecule has 4 unspecified atom stereocenters. The normalized spacial score (nSPS) is 22.6. The van der Waals surface area contributed by atoms with Gasteiger partial charge in [0.2, 0.25) is 5.91 Å². The van der Waals surface area contributed by atoms with Gasteiger partial charge in [0.05, 0.1) is 36.0 Å². The van der Waals surface area contributed by atoms with Crippen LogP contribution in [-0.2, 0) is 25.7 Å². The van der Waals surface area contributed by atoms with E-state index < -0.39 is 30.3 Å². The molecule has 0 spiro atoms. The van der Waals surface area contributed by atoms with E-state index in [1.807, 2.05) is 13.8 Å². The van der Waals surface area contributed by atoms with Crippen molar-refractivity contribution in [3.8, 4) is 11.5 Å². The van der Waals surface area contributed by atoms with E-state index in [1.165, 1.54) is 7.11 Å². The third-order valence-corrected chi connectivity index (χ3v) is 7.62. The molecule has 0 saturated carbocycles. The second-order valence-corrected chi connectivity index (χ2v) is 11.3. The van der Waals surface area contributed by atoms with Gasteiger partial charge in [-0.15, -0.1) is 0 Å². The molecule has 4 N–H and O–H groups in total. The molecule has 4 atom stereocenters. The summed E-state index contributed by atoms with van der Waals surface area (Å²) in [4.78, 5) is 28.3. The molecule has 1 aliphatic carbocycles. The number of hydrogen-bond donors (Lipinski definition) is 4. The van der Waals surface area contributed by atoms with Gasteiger partial charge < -0.3 is 44.5 Å². The first-order valence-corrected chi connectivity index (χ1v) is 14.7. The number of halogens is 1. The Kier molecular flexibility index (Phi) is 12.9. The van der Waals surface area contributed by atoms with Crippen LogP contribution < -0.4 is 14.8 Å². The van der Waals surface area contributed by atoms with E-state index in [4.69, 9.17) is 18.9 Å². The van der Waals surface area contributed by atoms with Crippen molar-refractivity contribution in [2.45, 2.75) is 76.6 Å². The number of hydrogen-bond acceptors (Lipinski definition) is 9. The van der Waals surface area contributed by atoms with Gasteiger partial charge in [-0.2, -0.15) is 0 Å². The first-order valence-electron chi connectivity index (χ1n) is 13.7. The number of aliphatic hydroxyl groups excluding tert-OH is 3. The molecule has 1 saturated heterocycles. The minimum absolute atomic E-state index is 0.0415. The van der Waals surface area contributed by atoms with Gasteiger partial charge in [0, 0.05) is 38.3 Å². The molecule has 11 nitrogen and oxygen atoms in total. The van der Waals surface area contributed by atoms with Crippen LogP contribution in [0, 0.1) is 3.57 Å². The Morgan fingerprint density at radius 2 is 2.05 bits per heavy atom. The van der Waals surface area contributed by atoms with Crippen LogP contribution in [0.15, 0.2) is 23.8 Å². The van der Waals surface area contributed by atoms with Crippen molar-refractivity contribution in [1.82, 2.24) is 10.2 Å². The fourth-order valence-electron chi connectivity index (χ4n) is 4.85. The van der Waals surface area contributed by atoms with Crippen molar-refractivity contribution in [2.24, 2.45) is 0 Å². The maximum absolute atomic E-state index is 13.7. The van der Waals surface area contributed by atoms with Crippen molar-refractivity contribution in [3.05, 3.63) is 32.9 Å². The molecule has 2 aliphatic rings. The van der Waals surface area contributed by atoms with Crippen LogP contribution >= 0.6 is 22.6 Å². The highest BCUT2D eigenvalue weighted by Gasteiger charge is 2.42. The lowest BCUT2D eigenvalue weighted by atomic mass is 9.87. The molecule has 224 valence electrons. The van der Waals surface area contributed by atoms with Crippen molar-refractivity contribution in [3.63, 3.8) is 0 Å². The number of benzene rings is 1. The van der Waals surface area contributed by atoms with Gasteiger partial charge in [-0.05, 0) is 79.5 Å². The summed E-state index contributed by atoms with van der Waals surface area (Å²) in [6.45, 7) is 4.76. The summed E-state index contributed by atoms with van der Waals surface area (Å²) in [5.74, 6) is 0.0626. The van der Waals surface area contributed by atoms with Gasteiger partial charge in [-0.25, -0.2) is 0 Å². The number of amides is 2. The molecule has 40 heavy (non-hydrogen) atoms. The first-order chi connectivity index (χ1) is 19.2. The predicted molar refractivity (Wildman–Crippen MR) is 155 cm³/mol. The van der Waals surface area contributed by atoms with E-state index in [9.17, 15) is 24.9 Å². The van der Waals surface area contributed by atoms with Gasteiger partial charge in [0.1, 0.15) is 18.3 Å². The third kappa shape index (κ3) is 8.52. The minimum atomic E-state index is -1.18. The van der Waals surface area contributed by atoms with Crippen LogP contribution in [0.25, 0.3) is 0 Å². The van der Waals surface area contributed by atoms with Crippen LogP contribution in [0.3, 0.4) is 0 Å². The lowest BCUT2D eigenvalue weighted by Gasteiger charge is -2.41. The Morgan fingerprint density at radius 1 is 1.27 bits per heavy atom. The Bertz CT molecular complexity index is 1030. The molecule has 1 aliphatic heterocycles. The average Bonchev–Trinajstić information content (AvgIpc) is 3.48. The quantitative estimate of drug-likeness (QED) is 0.170. The Labute approximate surface area is 248 Å². The summed E-state index contributed by atoms with van der Waals surface area (Å²) in [7, 11) is 1.48. The summed E-state index contributed by atoms with van der Waals surface area (Å²) >= 11 is 2.06. The zero-order valence-electron chi connectivity index (χ0n) is 23.3. The fraction of sp³-hybridized carbons (Fsp3) is 0.643. The maximum atomic E-state index is 13.7. The molecule has 12 heteroatoms. The van der Waals surface area contributed by atoms with Gasteiger partial charge in [-0.3, -0.25) is 9.59 Å². The molecule has 1 fully saturated rings. The van der Waals surface area contributed by atoms with Crippen molar-refractivity contribution in [1.29, 1.82) is 0 Å². The van der Waals surface area contributed by atoms with Crippen molar-refractivity contribution < 1.29 is 43.9 Å². The Morgan fingerprint density at radius 3 is 2.67 bits per heavy atom. The highest BCUT2D eigenvalue weighted by Crippen LogP contribution is 2.37. The van der Waals surface area contributed by atoms with E-state index >= 15 is 0 Å². The lowest BCUT2D eigenvalue weighted by molar-refractivity contribution is -0.148. The summed E-state index contributed by atoms with van der Waals surface area (Å²) in [5.41, 5.74) is 0.963. The smallest absolute Gasteiger partial charge is 0.252 e. The largest absolute Gasteiger partial charge is 0.493 e. The second-order valence-electron chi connectivity index (χ2n) is 10.1. The van der Waals surface area contributed by atoms with Gasteiger partial charge in [0.25, 0.3) is 5.91 Å². The van der Waals surface area contributed by atoms with Gasteiger partial charge >= 0.3 is 0 Å². The van der Waals surface area contributed by atoms with Crippen LogP contribution in [0.4, 0.5) is 0 Å². The maximum Gasteiger partial charge on any atom is 0.252 e. The molecule has 2 amide bonds. The SMILES string of the molecule is COc1cc(CO)cc(I)c1OC1C=C(C(=O)NCCO)CC(N(CCCOC(C)C)C(=O)C2CCCO2)C1O. The lowest BCUT2D eigenvalue weighted by Crippen LogP contribution is -2.57. The van der Waals surface area contributed by atoms with E-state index in [2.05, 4.69) is 27.9 Å². The predicted octanol–water partition coefficient (Wildman–Crippen LogP) is 1.53. The molecule has 0 aromatic heterocycles. The van der Waals surface area contributed by atoms with Gasteiger partial charge in [0.15, 0.2) is 11.5 Å². The zero-order chi connectivity index (χ0) is 29.2. The van der Waals surface area contributed by atoms with Gasteiger partial charge in [-0.1, -0.05) is 0 Å². The molecule has 3 rings (SSSR count). The number of nitrogens with one attached hydrogen (secondary N) is 1. The first kappa shape index (κ1) is 32.5. The number of aliphatic hydroxyl groups is 3. The minimum Gasteiger partial charge on any atom is -0.493 e. The molecule has 1 heterocycles. The summed E-state index contributed by atoms with van der Waals surface area (Å²) in [6.07, 6.45) is 0.812. The monoisotopic (exact) mass is 676 g/mol. The Balaban J connectivity index is 1.96. The molecular weight excluding hydrogens is 635 g/mol. The Hall–Kier alpha value is -1.97. The molecule has 1 aromatic rings. The molecular formula is C28H41IN2O9. The van der Waals surface area contributed by atoms with Crippen LogP contribution in [-0.4, -0.2) is 103 Å². The van der Waals surface area contributed by atoms with Crippen molar-refractivity contribution in [2.75, 3.05) is 40.0 Å². The number of rotatable bonds is 14. The van der Waals surface area contributed by atoms with E-state index in [0.717, 1.165) is 6.42 Å². The fourth-order valence-corrected chi connectivity index (χ4v) is 5.64. The summed E-state index contributed by atoms with van der Waals surface area (Å²) in [6, 6.07) is 2.61. The number of carbonyl (C=O) groups excluding carboxylic acids is 2. The standard InChI is InChI=1S/C28H41IN2O9/c1-17(2)38-11-5-8-31(28(36)22-6-4-10-39-22)21-14-19(27(35)30-7-9-32)15-23(25(21)34)40-26-20(29)12-18(16-33)13-24(26)37-3/h12-13,15,17,21-23,25,32-34H,4-11,14,16H2,1-3H3,(H,30,35). The summed E-state index contributed by atoms with van der Waals surface area (Å²) in [5, 5.41) is 33.1. The van der Waals surface area contributed by atoms with E-state index in [0.29, 0.717) is 58.8 Å². The van der Waals surface area contributed by atoms with E-state index in [1.54, 1.807) is 23.1 Å². The zero-order valence-corrected chi connectivity index (χ0v) is 25.5. The van der Waals surface area contributed by atoms with Crippen LogP contribution in [0.5, 0.6) is 11.5 Å². The molecule has 0 radical (unpaired) electrons. The van der Waals surface area contributed by atoms with Crippen LogP contribution in [0.2, 0.25) is 0 Å². The topological polar surface area (TPSA) is 147 Å². The van der Waals surface area contributed by atoms with Crippen molar-refractivity contribution >= 4 is 34.4 Å². The third-order valence-electron chi connectivity index (χ3n) is 6.82. The van der Waals surface area contributed by atoms with Crippen LogP contribution in [0.1, 0.15) is 45.1 Å². The number of carbonyl (C=O) groups is 2. The molecule has 0 bridgehead atoms. The second kappa shape index (κ2) is 15.9. The summed E-state index contributed by atoms with van der Waals surface area (Å²) < 4.78 is 23.8. The highest BCUT2D eigenvalue weighted by atomic mass is 127.